The lowest BCUT2D eigenvalue weighted by molar-refractivity contribution is 1.11. The molecule has 1 aromatic heterocycles. The van der Waals surface area contributed by atoms with Crippen LogP contribution in [0.3, 0.4) is 0 Å². The Morgan fingerprint density at radius 3 is 2.86 bits per heavy atom. The van der Waals surface area contributed by atoms with Gasteiger partial charge in [-0.05, 0) is 18.2 Å². The maximum atomic E-state index is 11.0. The largest absolute Gasteiger partial charge is 0.378 e. The van der Waals surface area contributed by atoms with Crippen LogP contribution in [0.1, 0.15) is 0 Å². The molecule has 0 saturated heterocycles. The lowest BCUT2D eigenvalue weighted by atomic mass is 10.2. The van der Waals surface area contributed by atoms with Gasteiger partial charge in [-0.1, -0.05) is 0 Å². The Bertz CT molecular complexity index is 516. The van der Waals surface area contributed by atoms with Crippen molar-refractivity contribution in [2.75, 3.05) is 19.0 Å². The molecule has 0 bridgehead atoms. The van der Waals surface area contributed by atoms with Crippen molar-refractivity contribution in [2.45, 2.75) is 0 Å². The summed E-state index contributed by atoms with van der Waals surface area (Å²) in [5.41, 5.74) is 1.56. The van der Waals surface area contributed by atoms with Crippen LogP contribution in [0, 0.1) is 0 Å². The zero-order valence-electron chi connectivity index (χ0n) is 8.11. The van der Waals surface area contributed by atoms with E-state index in [9.17, 15) is 4.79 Å². The molecule has 0 atom stereocenters. The molecule has 2 aromatic rings. The maximum Gasteiger partial charge on any atom is 0.345 e. The molecule has 0 spiro atoms. The first-order valence-corrected chi connectivity index (χ1v) is 4.33. The van der Waals surface area contributed by atoms with Crippen LogP contribution in [0.4, 0.5) is 5.69 Å². The normalized spacial score (nSPS) is 10.4. The zero-order chi connectivity index (χ0) is 10.1. The number of fused-ring (bicyclic) bond motifs is 1. The average Bonchev–Trinajstić information content (AvgIpc) is 2.16. The third kappa shape index (κ3) is 1.46. The van der Waals surface area contributed by atoms with E-state index in [1.54, 1.807) is 6.20 Å². The number of nitrogens with zero attached hydrogens (tertiary/aromatic N) is 2. The third-order valence-corrected chi connectivity index (χ3v) is 2.12. The SMILES string of the molecule is CN(C)c1ccc2cnc(=O)[nH]c2c1. The predicted molar refractivity (Wildman–Crippen MR) is 56.7 cm³/mol. The molecule has 0 fully saturated rings. The van der Waals surface area contributed by atoms with Crippen LogP contribution in [0.25, 0.3) is 10.9 Å². The topological polar surface area (TPSA) is 49.0 Å². The summed E-state index contributed by atoms with van der Waals surface area (Å²) in [6, 6.07) is 5.86. The monoisotopic (exact) mass is 189 g/mol. The second kappa shape index (κ2) is 3.14. The van der Waals surface area contributed by atoms with Gasteiger partial charge in [-0.3, -0.25) is 0 Å². The van der Waals surface area contributed by atoms with Gasteiger partial charge in [0.25, 0.3) is 0 Å². The van der Waals surface area contributed by atoms with Crippen LogP contribution in [-0.4, -0.2) is 24.1 Å². The molecule has 1 N–H and O–H groups in total. The summed E-state index contributed by atoms with van der Waals surface area (Å²) in [7, 11) is 3.92. The highest BCUT2D eigenvalue weighted by atomic mass is 16.1. The predicted octanol–water partition coefficient (Wildman–Crippen LogP) is 0.989. The molecule has 0 amide bonds. The fourth-order valence-corrected chi connectivity index (χ4v) is 1.32. The number of anilines is 1. The Hall–Kier alpha value is -1.84. The second-order valence-electron chi connectivity index (χ2n) is 3.35. The van der Waals surface area contributed by atoms with Crippen molar-refractivity contribution >= 4 is 16.6 Å². The van der Waals surface area contributed by atoms with E-state index < -0.39 is 0 Å². The van der Waals surface area contributed by atoms with Gasteiger partial charge in [0, 0.05) is 31.4 Å². The Morgan fingerprint density at radius 2 is 2.14 bits per heavy atom. The number of aromatic nitrogens is 2. The van der Waals surface area contributed by atoms with Gasteiger partial charge in [-0.2, -0.15) is 0 Å². The first-order valence-electron chi connectivity index (χ1n) is 4.33. The molecule has 2 rings (SSSR count). The van der Waals surface area contributed by atoms with Crippen molar-refractivity contribution < 1.29 is 0 Å². The Kier molecular flexibility index (Phi) is 1.96. The summed E-state index contributed by atoms with van der Waals surface area (Å²) < 4.78 is 0. The maximum absolute atomic E-state index is 11.0. The Labute approximate surface area is 81.2 Å². The van der Waals surface area contributed by atoms with Crippen molar-refractivity contribution in [2.24, 2.45) is 0 Å². The second-order valence-corrected chi connectivity index (χ2v) is 3.35. The Balaban J connectivity index is 2.69. The highest BCUT2D eigenvalue weighted by Gasteiger charge is 1.98. The molecule has 4 heteroatoms. The minimum atomic E-state index is -0.312. The molecule has 0 saturated carbocycles. The number of nitrogens with one attached hydrogen (secondary N) is 1. The lowest BCUT2D eigenvalue weighted by Crippen LogP contribution is -2.11. The standard InChI is InChI=1S/C10H11N3O/c1-13(2)8-4-3-7-6-11-10(14)12-9(7)5-8/h3-6H,1-2H3,(H,11,12,14). The van der Waals surface area contributed by atoms with Crippen LogP contribution in [0.2, 0.25) is 0 Å². The van der Waals surface area contributed by atoms with Gasteiger partial charge in [-0.25, -0.2) is 9.78 Å². The number of rotatable bonds is 1. The summed E-state index contributed by atoms with van der Waals surface area (Å²) in [5.74, 6) is 0. The average molecular weight is 189 g/mol. The smallest absolute Gasteiger partial charge is 0.345 e. The van der Waals surface area contributed by atoms with E-state index >= 15 is 0 Å². The summed E-state index contributed by atoms with van der Waals surface area (Å²) in [6.07, 6.45) is 1.58. The molecule has 1 heterocycles. The Morgan fingerprint density at radius 1 is 1.36 bits per heavy atom. The van der Waals surface area contributed by atoms with E-state index in [2.05, 4.69) is 9.97 Å². The van der Waals surface area contributed by atoms with Gasteiger partial charge in [0.2, 0.25) is 0 Å². The third-order valence-electron chi connectivity index (χ3n) is 2.12. The van der Waals surface area contributed by atoms with Crippen LogP contribution >= 0.6 is 0 Å². The minimum Gasteiger partial charge on any atom is -0.378 e. The number of H-pyrrole nitrogens is 1. The van der Waals surface area contributed by atoms with Crippen molar-refractivity contribution in [1.29, 1.82) is 0 Å². The number of hydrogen-bond acceptors (Lipinski definition) is 3. The molecule has 0 aliphatic rings. The van der Waals surface area contributed by atoms with Gasteiger partial charge in [-0.15, -0.1) is 0 Å². The number of hydrogen-bond donors (Lipinski definition) is 1. The molecule has 0 unspecified atom stereocenters. The summed E-state index contributed by atoms with van der Waals surface area (Å²) in [5, 5.41) is 0.940. The number of aromatic amines is 1. The molecule has 0 aliphatic carbocycles. The van der Waals surface area contributed by atoms with Gasteiger partial charge in [0.15, 0.2) is 0 Å². The van der Waals surface area contributed by atoms with E-state index in [0.717, 1.165) is 16.6 Å². The van der Waals surface area contributed by atoms with E-state index in [0.29, 0.717) is 0 Å². The summed E-state index contributed by atoms with van der Waals surface area (Å²) in [6.45, 7) is 0. The highest BCUT2D eigenvalue weighted by Crippen LogP contribution is 2.16. The van der Waals surface area contributed by atoms with Crippen molar-refractivity contribution in [3.8, 4) is 0 Å². The minimum absolute atomic E-state index is 0.312. The van der Waals surface area contributed by atoms with E-state index in [1.165, 1.54) is 0 Å². The van der Waals surface area contributed by atoms with E-state index in [-0.39, 0.29) is 5.69 Å². The zero-order valence-corrected chi connectivity index (χ0v) is 8.11. The summed E-state index contributed by atoms with van der Waals surface area (Å²) in [4.78, 5) is 19.3. The van der Waals surface area contributed by atoms with Crippen LogP contribution in [-0.2, 0) is 0 Å². The van der Waals surface area contributed by atoms with Gasteiger partial charge in [0.1, 0.15) is 0 Å². The van der Waals surface area contributed by atoms with Gasteiger partial charge >= 0.3 is 5.69 Å². The van der Waals surface area contributed by atoms with E-state index in [1.807, 2.05) is 37.2 Å². The fraction of sp³-hybridized carbons (Fsp3) is 0.200. The van der Waals surface area contributed by atoms with Crippen molar-refractivity contribution in [3.05, 3.63) is 34.9 Å². The molecule has 1 aromatic carbocycles. The van der Waals surface area contributed by atoms with Gasteiger partial charge in [0.05, 0.1) is 5.52 Å². The molecule has 4 nitrogen and oxygen atoms in total. The van der Waals surface area contributed by atoms with Crippen LogP contribution in [0.5, 0.6) is 0 Å². The van der Waals surface area contributed by atoms with Crippen molar-refractivity contribution in [3.63, 3.8) is 0 Å². The van der Waals surface area contributed by atoms with Crippen LogP contribution < -0.4 is 10.6 Å². The first-order chi connectivity index (χ1) is 6.66. The van der Waals surface area contributed by atoms with Crippen molar-refractivity contribution in [1.82, 2.24) is 9.97 Å². The molecule has 0 radical (unpaired) electrons. The molecule has 0 aliphatic heterocycles. The molecule has 72 valence electrons. The molecular formula is C10H11N3O. The first kappa shape index (κ1) is 8.74. The van der Waals surface area contributed by atoms with E-state index in [4.69, 9.17) is 0 Å². The highest BCUT2D eigenvalue weighted by molar-refractivity contribution is 5.81. The van der Waals surface area contributed by atoms with Crippen LogP contribution in [0.15, 0.2) is 29.2 Å². The fourth-order valence-electron chi connectivity index (χ4n) is 1.32. The molecule has 14 heavy (non-hydrogen) atoms. The number of benzene rings is 1. The molecular weight excluding hydrogens is 178 g/mol. The lowest BCUT2D eigenvalue weighted by Gasteiger charge is -2.12. The summed E-state index contributed by atoms with van der Waals surface area (Å²) >= 11 is 0. The van der Waals surface area contributed by atoms with Gasteiger partial charge < -0.3 is 9.88 Å². The quantitative estimate of drug-likeness (QED) is 0.727.